The van der Waals surface area contributed by atoms with Crippen LogP contribution in [0.1, 0.15) is 45.7 Å². The van der Waals surface area contributed by atoms with E-state index >= 15 is 0 Å². The summed E-state index contributed by atoms with van der Waals surface area (Å²) in [6.07, 6.45) is 0. The highest BCUT2D eigenvalue weighted by molar-refractivity contribution is 6.05. The van der Waals surface area contributed by atoms with Crippen molar-refractivity contribution in [2.75, 3.05) is 0 Å². The van der Waals surface area contributed by atoms with Gasteiger partial charge >= 0.3 is 5.97 Å². The Bertz CT molecular complexity index is 794. The molecule has 0 spiro atoms. The van der Waals surface area contributed by atoms with Crippen molar-refractivity contribution in [2.24, 2.45) is 5.41 Å². The minimum Gasteiger partial charge on any atom is -0.455 e. The predicted molar refractivity (Wildman–Crippen MR) is 104 cm³/mol. The molecule has 0 aliphatic heterocycles. The van der Waals surface area contributed by atoms with Gasteiger partial charge in [0.2, 0.25) is 0 Å². The van der Waals surface area contributed by atoms with Crippen LogP contribution < -0.4 is 0 Å². The largest absolute Gasteiger partial charge is 0.455 e. The van der Waals surface area contributed by atoms with Crippen LogP contribution in [-0.4, -0.2) is 11.6 Å². The lowest BCUT2D eigenvalue weighted by Gasteiger charge is -2.38. The number of nitrogens with zero attached hydrogens (tertiary/aromatic N) is 1. The van der Waals surface area contributed by atoms with Crippen LogP contribution in [0.15, 0.2) is 66.2 Å². The number of nitriles is 1. The van der Waals surface area contributed by atoms with Gasteiger partial charge in [0.25, 0.3) is 0 Å². The molecule has 2 aromatic rings. The van der Waals surface area contributed by atoms with E-state index in [1.165, 1.54) is 0 Å². The van der Waals surface area contributed by atoms with E-state index in [1.807, 2.05) is 95.3 Å². The third kappa shape index (κ3) is 4.21. The zero-order valence-corrected chi connectivity index (χ0v) is 16.0. The predicted octanol–water partition coefficient (Wildman–Crippen LogP) is 5.38. The Morgan fingerprint density at radius 1 is 0.846 bits per heavy atom. The number of benzene rings is 2. The average molecular weight is 347 g/mol. The van der Waals surface area contributed by atoms with Gasteiger partial charge in [-0.25, -0.2) is 4.79 Å². The van der Waals surface area contributed by atoms with Gasteiger partial charge in [0.15, 0.2) is 0 Å². The van der Waals surface area contributed by atoms with Gasteiger partial charge in [0.05, 0.1) is 0 Å². The van der Waals surface area contributed by atoms with Crippen molar-refractivity contribution in [1.82, 2.24) is 0 Å². The number of hydrogen-bond acceptors (Lipinski definition) is 3. The Labute approximate surface area is 155 Å². The van der Waals surface area contributed by atoms with Gasteiger partial charge in [-0.3, -0.25) is 0 Å². The molecule has 0 saturated heterocycles. The quantitative estimate of drug-likeness (QED) is 0.424. The summed E-state index contributed by atoms with van der Waals surface area (Å²) < 4.78 is 5.76. The number of hydrogen-bond donors (Lipinski definition) is 0. The van der Waals surface area contributed by atoms with Crippen LogP contribution in [0, 0.1) is 16.7 Å². The standard InChI is InChI=1S/C23H25NO2/c1-22(2,3)23(4,5)26-21(25)19(16-24)20(17-12-8-6-9-13-17)18-14-10-7-11-15-18/h6-15H,1-5H3. The smallest absolute Gasteiger partial charge is 0.350 e. The first-order valence-corrected chi connectivity index (χ1v) is 8.66. The van der Waals surface area contributed by atoms with Crippen molar-refractivity contribution < 1.29 is 9.53 Å². The average Bonchev–Trinajstić information content (AvgIpc) is 2.59. The second kappa shape index (κ2) is 7.58. The highest BCUT2D eigenvalue weighted by atomic mass is 16.6. The molecule has 0 amide bonds. The SMILES string of the molecule is CC(C)(C)C(C)(C)OC(=O)C(C#N)=C(c1ccccc1)c1ccccc1. The van der Waals surface area contributed by atoms with E-state index in [9.17, 15) is 10.1 Å². The molecule has 3 heteroatoms. The van der Waals surface area contributed by atoms with E-state index in [-0.39, 0.29) is 11.0 Å². The summed E-state index contributed by atoms with van der Waals surface area (Å²) in [6, 6.07) is 21.0. The first-order valence-electron chi connectivity index (χ1n) is 8.66. The summed E-state index contributed by atoms with van der Waals surface area (Å²) in [7, 11) is 0. The second-order valence-corrected chi connectivity index (χ2v) is 7.74. The molecule has 2 rings (SSSR count). The molecular weight excluding hydrogens is 322 g/mol. The summed E-state index contributed by atoms with van der Waals surface area (Å²) in [5, 5.41) is 9.78. The molecule has 0 bridgehead atoms. The molecule has 0 fully saturated rings. The Balaban J connectivity index is 2.60. The number of carbonyl (C=O) groups is 1. The van der Waals surface area contributed by atoms with Crippen LogP contribution in [-0.2, 0) is 9.53 Å². The van der Waals surface area contributed by atoms with Gasteiger partial charge in [-0.05, 0) is 25.0 Å². The lowest BCUT2D eigenvalue weighted by atomic mass is 9.79. The zero-order valence-electron chi connectivity index (χ0n) is 16.0. The third-order valence-electron chi connectivity index (χ3n) is 4.84. The van der Waals surface area contributed by atoms with Crippen LogP contribution in [0.4, 0.5) is 0 Å². The molecule has 0 aliphatic rings. The Morgan fingerprint density at radius 3 is 1.62 bits per heavy atom. The fourth-order valence-corrected chi connectivity index (χ4v) is 2.30. The summed E-state index contributed by atoms with van der Waals surface area (Å²) >= 11 is 0. The molecule has 134 valence electrons. The summed E-state index contributed by atoms with van der Waals surface area (Å²) in [5.74, 6) is -0.602. The lowest BCUT2D eigenvalue weighted by Crippen LogP contribution is -2.41. The van der Waals surface area contributed by atoms with Gasteiger partial charge < -0.3 is 4.74 Å². The second-order valence-electron chi connectivity index (χ2n) is 7.74. The van der Waals surface area contributed by atoms with E-state index in [2.05, 4.69) is 6.07 Å². The molecule has 0 N–H and O–H groups in total. The number of rotatable bonds is 4. The number of carbonyl (C=O) groups excluding carboxylic acids is 1. The molecular formula is C23H25NO2. The topological polar surface area (TPSA) is 50.1 Å². The van der Waals surface area contributed by atoms with Crippen molar-refractivity contribution in [2.45, 2.75) is 40.2 Å². The maximum Gasteiger partial charge on any atom is 0.350 e. The molecule has 3 nitrogen and oxygen atoms in total. The first-order chi connectivity index (χ1) is 12.2. The van der Waals surface area contributed by atoms with Crippen LogP contribution in [0.5, 0.6) is 0 Å². The highest BCUT2D eigenvalue weighted by Crippen LogP contribution is 2.35. The Hall–Kier alpha value is -2.86. The Kier molecular flexibility index (Phi) is 5.67. The lowest BCUT2D eigenvalue weighted by molar-refractivity contribution is -0.161. The van der Waals surface area contributed by atoms with E-state index in [0.29, 0.717) is 5.57 Å². The van der Waals surface area contributed by atoms with Crippen molar-refractivity contribution >= 4 is 11.5 Å². The molecule has 0 heterocycles. The minimum absolute atomic E-state index is 0.0136. The van der Waals surface area contributed by atoms with Crippen LogP contribution >= 0.6 is 0 Å². The minimum atomic E-state index is -0.718. The maximum atomic E-state index is 12.9. The maximum absolute atomic E-state index is 12.9. The van der Waals surface area contributed by atoms with E-state index in [0.717, 1.165) is 11.1 Å². The van der Waals surface area contributed by atoms with Gasteiger partial charge in [0, 0.05) is 11.0 Å². The Morgan fingerprint density at radius 2 is 1.27 bits per heavy atom. The molecule has 0 atom stereocenters. The highest BCUT2D eigenvalue weighted by Gasteiger charge is 2.37. The number of esters is 1. The molecule has 0 unspecified atom stereocenters. The summed E-state index contributed by atoms with van der Waals surface area (Å²) in [6.45, 7) is 9.75. The normalized spacial score (nSPS) is 11.4. The zero-order chi connectivity index (χ0) is 19.4. The molecule has 26 heavy (non-hydrogen) atoms. The van der Waals surface area contributed by atoms with Crippen LogP contribution in [0.3, 0.4) is 0 Å². The fourth-order valence-electron chi connectivity index (χ4n) is 2.30. The molecule has 0 aromatic heterocycles. The van der Waals surface area contributed by atoms with Crippen molar-refractivity contribution in [3.05, 3.63) is 77.4 Å². The summed E-state index contributed by atoms with van der Waals surface area (Å²) in [5.41, 5.74) is 1.23. The number of ether oxygens (including phenoxy) is 1. The fraction of sp³-hybridized carbons (Fsp3) is 0.304. The summed E-state index contributed by atoms with van der Waals surface area (Å²) in [4.78, 5) is 12.9. The van der Waals surface area contributed by atoms with E-state index < -0.39 is 11.6 Å². The van der Waals surface area contributed by atoms with Crippen molar-refractivity contribution in [1.29, 1.82) is 5.26 Å². The van der Waals surface area contributed by atoms with E-state index in [4.69, 9.17) is 4.74 Å². The van der Waals surface area contributed by atoms with Crippen LogP contribution in [0.25, 0.3) is 5.57 Å². The van der Waals surface area contributed by atoms with Gasteiger partial charge in [-0.1, -0.05) is 81.4 Å². The monoisotopic (exact) mass is 347 g/mol. The van der Waals surface area contributed by atoms with Crippen molar-refractivity contribution in [3.63, 3.8) is 0 Å². The molecule has 2 aromatic carbocycles. The van der Waals surface area contributed by atoms with Crippen molar-refractivity contribution in [3.8, 4) is 6.07 Å². The van der Waals surface area contributed by atoms with Crippen LogP contribution in [0.2, 0.25) is 0 Å². The molecule has 0 saturated carbocycles. The molecule has 0 radical (unpaired) electrons. The first kappa shape index (κ1) is 19.5. The van der Waals surface area contributed by atoms with Gasteiger partial charge in [-0.15, -0.1) is 0 Å². The van der Waals surface area contributed by atoms with Gasteiger partial charge in [-0.2, -0.15) is 5.26 Å². The van der Waals surface area contributed by atoms with E-state index in [1.54, 1.807) is 0 Å². The third-order valence-corrected chi connectivity index (χ3v) is 4.84. The van der Waals surface area contributed by atoms with Gasteiger partial charge in [0.1, 0.15) is 17.2 Å². The molecule has 0 aliphatic carbocycles.